The lowest BCUT2D eigenvalue weighted by Gasteiger charge is -2.34. The molecule has 6 nitrogen and oxygen atoms in total. The molecule has 0 spiro atoms. The number of hydrogen-bond acceptors (Lipinski definition) is 7. The van der Waals surface area contributed by atoms with Crippen LogP contribution in [0.3, 0.4) is 0 Å². The Kier molecular flexibility index (Phi) is 4.24. The van der Waals surface area contributed by atoms with Gasteiger partial charge in [0.1, 0.15) is 9.90 Å². The third kappa shape index (κ3) is 2.60. The number of hydrogen-bond donors (Lipinski definition) is 2. The van der Waals surface area contributed by atoms with E-state index < -0.39 is 15.4 Å². The van der Waals surface area contributed by atoms with Gasteiger partial charge in [-0.15, -0.1) is 0 Å². The van der Waals surface area contributed by atoms with Gasteiger partial charge in [0.05, 0.1) is 17.9 Å². The Hall–Kier alpha value is -0.860. The van der Waals surface area contributed by atoms with Gasteiger partial charge in [0.25, 0.3) is 0 Å². The molecule has 0 fully saturated rings. The van der Waals surface area contributed by atoms with E-state index in [0.29, 0.717) is 5.00 Å². The summed E-state index contributed by atoms with van der Waals surface area (Å²) in [7, 11) is -1.71. The molecule has 1 heterocycles. The summed E-state index contributed by atoms with van der Waals surface area (Å²) in [6.07, 6.45) is 0. The van der Waals surface area contributed by atoms with E-state index in [1.54, 1.807) is 18.9 Å². The lowest BCUT2D eigenvalue weighted by Crippen LogP contribution is -2.44. The molecule has 0 saturated heterocycles. The predicted molar refractivity (Wildman–Crippen MR) is 73.8 cm³/mol. The second-order valence-corrected chi connectivity index (χ2v) is 7.60. The largest absolute Gasteiger partial charge is 0.394 e. The third-order valence-corrected chi connectivity index (χ3v) is 5.80. The molecule has 0 aromatic carbocycles. The van der Waals surface area contributed by atoms with Crippen LogP contribution in [0.2, 0.25) is 0 Å². The number of aromatic nitrogens is 1. The average molecular weight is 293 g/mol. The number of nitrogen functional groups attached to an aromatic ring is 1. The van der Waals surface area contributed by atoms with E-state index in [4.69, 9.17) is 5.73 Å². The third-order valence-electron chi connectivity index (χ3n) is 2.95. The van der Waals surface area contributed by atoms with Gasteiger partial charge >= 0.3 is 0 Å². The fourth-order valence-corrected chi connectivity index (χ4v) is 3.76. The monoisotopic (exact) mass is 293 g/mol. The lowest BCUT2D eigenvalue weighted by atomic mass is 10.1. The summed E-state index contributed by atoms with van der Waals surface area (Å²) in [5.74, 6) is -0.00633. The first-order chi connectivity index (χ1) is 8.17. The molecule has 0 radical (unpaired) electrons. The number of likely N-dealkylation sites (N-methyl/N-ethyl adjacent to an activating group) is 1. The number of rotatable bonds is 5. The summed E-state index contributed by atoms with van der Waals surface area (Å²) < 4.78 is 28.0. The van der Waals surface area contributed by atoms with Crippen LogP contribution in [0.5, 0.6) is 0 Å². The van der Waals surface area contributed by atoms with Crippen molar-refractivity contribution in [3.63, 3.8) is 0 Å². The van der Waals surface area contributed by atoms with Gasteiger partial charge in [-0.1, -0.05) is 6.92 Å². The van der Waals surface area contributed by atoms with Crippen molar-refractivity contribution in [1.29, 1.82) is 0 Å². The zero-order valence-electron chi connectivity index (χ0n) is 11.0. The molecule has 0 amide bonds. The number of nitrogens with zero attached hydrogens (tertiary/aromatic N) is 2. The maximum Gasteiger partial charge on any atom is 0.184 e. The van der Waals surface area contributed by atoms with Crippen LogP contribution in [0.4, 0.5) is 10.8 Å². The first kappa shape index (κ1) is 15.2. The Morgan fingerprint density at radius 3 is 2.50 bits per heavy atom. The van der Waals surface area contributed by atoms with Crippen LogP contribution in [-0.2, 0) is 9.84 Å². The van der Waals surface area contributed by atoms with Crippen LogP contribution in [0.25, 0.3) is 0 Å². The van der Waals surface area contributed by atoms with Gasteiger partial charge in [-0.2, -0.15) is 4.37 Å². The summed E-state index contributed by atoms with van der Waals surface area (Å²) >= 11 is 1.03. The Morgan fingerprint density at radius 2 is 2.06 bits per heavy atom. The molecule has 0 bridgehead atoms. The summed E-state index contributed by atoms with van der Waals surface area (Å²) in [6, 6.07) is 0. The van der Waals surface area contributed by atoms with Crippen molar-refractivity contribution in [1.82, 2.24) is 4.37 Å². The second kappa shape index (κ2) is 5.02. The number of nitrogens with two attached hydrogens (primary N) is 1. The highest BCUT2D eigenvalue weighted by Crippen LogP contribution is 2.37. The van der Waals surface area contributed by atoms with E-state index in [2.05, 4.69) is 4.37 Å². The smallest absolute Gasteiger partial charge is 0.184 e. The molecule has 104 valence electrons. The maximum atomic E-state index is 12.0. The molecule has 8 heteroatoms. The van der Waals surface area contributed by atoms with Gasteiger partial charge < -0.3 is 15.7 Å². The Balaban J connectivity index is 3.37. The topological polar surface area (TPSA) is 96.5 Å². The van der Waals surface area contributed by atoms with E-state index >= 15 is 0 Å². The van der Waals surface area contributed by atoms with Crippen LogP contribution >= 0.6 is 11.5 Å². The molecule has 0 atom stereocenters. The Morgan fingerprint density at radius 1 is 1.50 bits per heavy atom. The summed E-state index contributed by atoms with van der Waals surface area (Å²) in [6.45, 7) is 5.08. The highest BCUT2D eigenvalue weighted by atomic mass is 32.2. The van der Waals surface area contributed by atoms with Crippen molar-refractivity contribution in [2.45, 2.75) is 31.2 Å². The molecular weight excluding hydrogens is 274 g/mol. The average Bonchev–Trinajstić information content (AvgIpc) is 2.70. The molecule has 0 aliphatic heterocycles. The highest BCUT2D eigenvalue weighted by molar-refractivity contribution is 7.91. The molecule has 18 heavy (non-hydrogen) atoms. The van der Waals surface area contributed by atoms with Gasteiger partial charge in [-0.25, -0.2) is 8.42 Å². The lowest BCUT2D eigenvalue weighted by molar-refractivity contribution is 0.216. The van der Waals surface area contributed by atoms with Crippen molar-refractivity contribution in [3.8, 4) is 0 Å². The summed E-state index contributed by atoms with van der Waals surface area (Å²) in [4.78, 5) is 1.77. The van der Waals surface area contributed by atoms with Gasteiger partial charge in [0, 0.05) is 7.05 Å². The molecule has 1 aromatic heterocycles. The minimum absolute atomic E-state index is 0.0254. The summed E-state index contributed by atoms with van der Waals surface area (Å²) in [5, 5.41) is 9.81. The van der Waals surface area contributed by atoms with Crippen LogP contribution in [-0.4, -0.2) is 42.8 Å². The Bertz CT molecular complexity index is 522. The zero-order chi connectivity index (χ0) is 14.1. The van der Waals surface area contributed by atoms with E-state index in [1.807, 2.05) is 13.8 Å². The van der Waals surface area contributed by atoms with Crippen molar-refractivity contribution in [2.24, 2.45) is 0 Å². The SMILES string of the molecule is CCS(=O)(=O)c1c(N)nsc1N(C)C(C)(C)CO. The fourth-order valence-electron chi connectivity index (χ4n) is 1.32. The highest BCUT2D eigenvalue weighted by Gasteiger charge is 2.32. The Labute approximate surface area is 112 Å². The first-order valence-electron chi connectivity index (χ1n) is 5.50. The summed E-state index contributed by atoms with van der Waals surface area (Å²) in [5.41, 5.74) is 5.07. The molecule has 1 rings (SSSR count). The van der Waals surface area contributed by atoms with E-state index in [0.717, 1.165) is 11.5 Å². The molecule has 0 aliphatic rings. The number of sulfone groups is 1. The van der Waals surface area contributed by atoms with Crippen LogP contribution in [0.15, 0.2) is 4.90 Å². The van der Waals surface area contributed by atoms with E-state index in [9.17, 15) is 13.5 Å². The normalized spacial score (nSPS) is 12.7. The predicted octanol–water partition coefficient (Wildman–Crippen LogP) is 0.726. The van der Waals surface area contributed by atoms with Crippen LogP contribution < -0.4 is 10.6 Å². The number of aliphatic hydroxyl groups is 1. The maximum absolute atomic E-state index is 12.0. The van der Waals surface area contributed by atoms with Gasteiger partial charge in [-0.05, 0) is 25.4 Å². The fraction of sp³-hybridized carbons (Fsp3) is 0.700. The van der Waals surface area contributed by atoms with Crippen LogP contribution in [0.1, 0.15) is 20.8 Å². The molecule has 3 N–H and O–H groups in total. The van der Waals surface area contributed by atoms with Gasteiger partial charge in [0.15, 0.2) is 15.7 Å². The molecule has 0 unspecified atom stereocenters. The van der Waals surface area contributed by atoms with E-state index in [1.165, 1.54) is 0 Å². The van der Waals surface area contributed by atoms with Gasteiger partial charge in [-0.3, -0.25) is 0 Å². The van der Waals surface area contributed by atoms with Crippen molar-refractivity contribution < 1.29 is 13.5 Å². The van der Waals surface area contributed by atoms with Crippen molar-refractivity contribution in [2.75, 3.05) is 30.0 Å². The minimum Gasteiger partial charge on any atom is -0.394 e. The number of anilines is 2. The molecular formula is C10H19N3O3S2. The zero-order valence-corrected chi connectivity index (χ0v) is 12.6. The molecule has 0 saturated carbocycles. The molecule has 1 aromatic rings. The molecule has 0 aliphatic carbocycles. The standard InChI is InChI=1S/C10H19N3O3S2/c1-5-18(15,16)7-8(11)12-17-9(7)13(4)10(2,3)6-14/h14H,5-6H2,1-4H3,(H2,11,12). The second-order valence-electron chi connectivity index (χ2n) is 4.64. The first-order valence-corrected chi connectivity index (χ1v) is 7.92. The van der Waals surface area contributed by atoms with E-state index in [-0.39, 0.29) is 23.1 Å². The minimum atomic E-state index is -3.43. The van der Waals surface area contributed by atoms with Crippen molar-refractivity contribution >= 4 is 32.2 Å². The van der Waals surface area contributed by atoms with Crippen LogP contribution in [0, 0.1) is 0 Å². The number of aliphatic hydroxyl groups excluding tert-OH is 1. The quantitative estimate of drug-likeness (QED) is 0.830. The van der Waals surface area contributed by atoms with Crippen molar-refractivity contribution in [3.05, 3.63) is 0 Å². The van der Waals surface area contributed by atoms with Gasteiger partial charge in [0.2, 0.25) is 0 Å².